The lowest BCUT2D eigenvalue weighted by Gasteiger charge is -2.34. The Morgan fingerprint density at radius 1 is 1.22 bits per heavy atom. The molecule has 0 amide bonds. The largest absolute Gasteiger partial charge is 0.451 e. The zero-order valence-corrected chi connectivity index (χ0v) is 22.3. The number of anilines is 1. The maximum atomic E-state index is 13.7. The first-order valence-corrected chi connectivity index (χ1v) is 13.7. The number of benzene rings is 1. The van der Waals surface area contributed by atoms with Crippen LogP contribution in [0.5, 0.6) is 5.75 Å². The summed E-state index contributed by atoms with van der Waals surface area (Å²) in [5.74, 6) is 0.483. The molecule has 0 N–H and O–H groups in total. The minimum atomic E-state index is -3.24. The van der Waals surface area contributed by atoms with Gasteiger partial charge in [-0.25, -0.2) is 4.79 Å². The lowest BCUT2D eigenvalue weighted by molar-refractivity contribution is -0.159. The minimum absolute atomic E-state index is 0.00348. The molecule has 2 aliphatic heterocycles. The highest BCUT2D eigenvalue weighted by molar-refractivity contribution is 6.08. The standard InChI is InChI=1S/C30H39F2NO4/c1-4-22-9-6-15-30(16-7-10-22)27(21(2)28(35)37-30)26(34)19-23-11-8-17-33(18-14-23)24-12-5-13-25(20-24)36-29(3,31)32/h5,11-13,20,22H,4,6-10,14-19H2,1-3H3. The van der Waals surface area contributed by atoms with Crippen LogP contribution in [0.25, 0.3) is 0 Å². The van der Waals surface area contributed by atoms with Gasteiger partial charge in [0.05, 0.1) is 0 Å². The first-order chi connectivity index (χ1) is 17.6. The second kappa shape index (κ2) is 11.4. The number of carbonyl (C=O) groups excluding carboxylic acids is 2. The summed E-state index contributed by atoms with van der Waals surface area (Å²) in [6.07, 6.45) is 7.33. The highest BCUT2D eigenvalue weighted by Gasteiger charge is 2.48. The summed E-state index contributed by atoms with van der Waals surface area (Å²) in [7, 11) is 0. The number of nitrogens with zero attached hydrogens (tertiary/aromatic N) is 1. The van der Waals surface area contributed by atoms with Crippen LogP contribution in [0.15, 0.2) is 47.1 Å². The van der Waals surface area contributed by atoms with Gasteiger partial charge >= 0.3 is 12.1 Å². The van der Waals surface area contributed by atoms with Crippen LogP contribution in [-0.2, 0) is 14.3 Å². The molecular weight excluding hydrogens is 476 g/mol. The van der Waals surface area contributed by atoms with Crippen LogP contribution < -0.4 is 9.64 Å². The molecule has 1 spiro atoms. The molecule has 1 aromatic carbocycles. The summed E-state index contributed by atoms with van der Waals surface area (Å²) in [6.45, 7) is 6.07. The average molecular weight is 516 g/mol. The fourth-order valence-corrected chi connectivity index (χ4v) is 6.18. The number of ketones is 1. The molecule has 1 aliphatic carbocycles. The summed E-state index contributed by atoms with van der Waals surface area (Å²) >= 11 is 0. The molecule has 1 saturated carbocycles. The number of Topliss-reactive ketones (excluding diaryl/α,β-unsaturated/α-hetero) is 1. The Balaban J connectivity index is 1.42. The van der Waals surface area contributed by atoms with Crippen molar-refractivity contribution in [3.63, 3.8) is 0 Å². The number of alkyl halides is 2. The van der Waals surface area contributed by atoms with Crippen LogP contribution >= 0.6 is 0 Å². The van der Waals surface area contributed by atoms with E-state index >= 15 is 0 Å². The molecule has 1 fully saturated rings. The van der Waals surface area contributed by atoms with E-state index in [0.717, 1.165) is 69.7 Å². The normalized spacial score (nSPS) is 25.3. The number of ether oxygens (including phenoxy) is 2. The van der Waals surface area contributed by atoms with Crippen molar-refractivity contribution in [2.75, 3.05) is 18.0 Å². The Labute approximate surface area is 218 Å². The Morgan fingerprint density at radius 2 is 1.95 bits per heavy atom. The second-order valence-electron chi connectivity index (χ2n) is 10.8. The van der Waals surface area contributed by atoms with E-state index in [1.807, 2.05) is 6.07 Å². The molecule has 4 rings (SSSR count). The van der Waals surface area contributed by atoms with Gasteiger partial charge < -0.3 is 14.4 Å². The number of hydrogen-bond donors (Lipinski definition) is 0. The molecule has 5 nitrogen and oxygen atoms in total. The summed E-state index contributed by atoms with van der Waals surface area (Å²) < 4.78 is 37.3. The van der Waals surface area contributed by atoms with Gasteiger partial charge in [-0.05, 0) is 63.5 Å². The predicted molar refractivity (Wildman–Crippen MR) is 140 cm³/mol. The first-order valence-electron chi connectivity index (χ1n) is 13.7. The van der Waals surface area contributed by atoms with Gasteiger partial charge in [0, 0.05) is 49.3 Å². The monoisotopic (exact) mass is 515 g/mol. The van der Waals surface area contributed by atoms with Gasteiger partial charge in [-0.3, -0.25) is 4.79 Å². The van der Waals surface area contributed by atoms with Gasteiger partial charge in [-0.2, -0.15) is 8.78 Å². The van der Waals surface area contributed by atoms with Crippen LogP contribution in [0.3, 0.4) is 0 Å². The van der Waals surface area contributed by atoms with Gasteiger partial charge in [-0.15, -0.1) is 0 Å². The highest BCUT2D eigenvalue weighted by Crippen LogP contribution is 2.44. The molecule has 3 aliphatic rings. The molecule has 0 radical (unpaired) electrons. The van der Waals surface area contributed by atoms with Gasteiger partial charge in [0.15, 0.2) is 5.78 Å². The molecule has 2 heterocycles. The molecule has 0 atom stereocenters. The third-order valence-corrected chi connectivity index (χ3v) is 8.07. The van der Waals surface area contributed by atoms with Crippen LogP contribution in [0, 0.1) is 5.92 Å². The Morgan fingerprint density at radius 3 is 2.62 bits per heavy atom. The lowest BCUT2D eigenvalue weighted by Crippen LogP contribution is -2.36. The molecule has 0 aromatic heterocycles. The van der Waals surface area contributed by atoms with Crippen LogP contribution in [0.2, 0.25) is 0 Å². The maximum Gasteiger partial charge on any atom is 0.394 e. The highest BCUT2D eigenvalue weighted by atomic mass is 19.3. The molecule has 202 valence electrons. The Kier molecular flexibility index (Phi) is 8.39. The van der Waals surface area contributed by atoms with E-state index in [-0.39, 0.29) is 23.9 Å². The van der Waals surface area contributed by atoms with Crippen LogP contribution in [0.4, 0.5) is 14.5 Å². The maximum absolute atomic E-state index is 13.7. The summed E-state index contributed by atoms with van der Waals surface area (Å²) in [4.78, 5) is 28.4. The van der Waals surface area contributed by atoms with Crippen molar-refractivity contribution in [3.05, 3.63) is 47.1 Å². The van der Waals surface area contributed by atoms with Crippen molar-refractivity contribution in [2.24, 2.45) is 5.92 Å². The van der Waals surface area contributed by atoms with E-state index < -0.39 is 11.7 Å². The number of hydrogen-bond acceptors (Lipinski definition) is 5. The first kappa shape index (κ1) is 27.3. The summed E-state index contributed by atoms with van der Waals surface area (Å²) in [6, 6.07) is 6.75. The van der Waals surface area contributed by atoms with E-state index in [2.05, 4.69) is 17.9 Å². The van der Waals surface area contributed by atoms with Crippen molar-refractivity contribution in [1.82, 2.24) is 0 Å². The van der Waals surface area contributed by atoms with Crippen LogP contribution in [0.1, 0.15) is 85.0 Å². The smallest absolute Gasteiger partial charge is 0.394 e. The van der Waals surface area contributed by atoms with E-state index in [9.17, 15) is 18.4 Å². The minimum Gasteiger partial charge on any atom is -0.451 e. The lowest BCUT2D eigenvalue weighted by atomic mass is 9.76. The van der Waals surface area contributed by atoms with Crippen LogP contribution in [-0.4, -0.2) is 36.6 Å². The van der Waals surface area contributed by atoms with Gasteiger partial charge in [0.1, 0.15) is 11.4 Å². The fourth-order valence-electron chi connectivity index (χ4n) is 6.18. The molecule has 0 saturated heterocycles. The van der Waals surface area contributed by atoms with Crippen molar-refractivity contribution < 1.29 is 27.8 Å². The molecule has 37 heavy (non-hydrogen) atoms. The number of halogens is 2. The number of esters is 1. The second-order valence-corrected chi connectivity index (χ2v) is 10.8. The van der Waals surface area contributed by atoms with Crippen molar-refractivity contribution >= 4 is 17.4 Å². The van der Waals surface area contributed by atoms with Crippen molar-refractivity contribution in [3.8, 4) is 5.75 Å². The topological polar surface area (TPSA) is 55.8 Å². The quantitative estimate of drug-likeness (QED) is 0.285. The summed E-state index contributed by atoms with van der Waals surface area (Å²) in [5, 5.41) is 0. The Hall–Kier alpha value is -2.70. The predicted octanol–water partition coefficient (Wildman–Crippen LogP) is 7.16. The van der Waals surface area contributed by atoms with E-state index in [0.29, 0.717) is 30.0 Å². The van der Waals surface area contributed by atoms with Gasteiger partial charge in [0.2, 0.25) is 0 Å². The molecular formula is C30H39F2NO4. The molecule has 7 heteroatoms. The third-order valence-electron chi connectivity index (χ3n) is 8.07. The van der Waals surface area contributed by atoms with Gasteiger partial charge in [0.25, 0.3) is 0 Å². The third kappa shape index (κ3) is 6.60. The Bertz CT molecular complexity index is 1060. The van der Waals surface area contributed by atoms with Crippen molar-refractivity contribution in [2.45, 2.75) is 96.7 Å². The molecule has 0 bridgehead atoms. The zero-order valence-electron chi connectivity index (χ0n) is 22.3. The van der Waals surface area contributed by atoms with Gasteiger partial charge in [-0.1, -0.05) is 43.9 Å². The summed E-state index contributed by atoms with van der Waals surface area (Å²) in [5.41, 5.74) is 2.16. The molecule has 1 aromatic rings. The fraction of sp³-hybridized carbons (Fsp3) is 0.600. The van der Waals surface area contributed by atoms with E-state index in [4.69, 9.17) is 9.47 Å². The van der Waals surface area contributed by atoms with E-state index in [1.54, 1.807) is 19.1 Å². The van der Waals surface area contributed by atoms with Crippen molar-refractivity contribution in [1.29, 1.82) is 0 Å². The number of rotatable bonds is 7. The van der Waals surface area contributed by atoms with E-state index in [1.165, 1.54) is 12.5 Å². The average Bonchev–Trinajstić information content (AvgIpc) is 2.95. The molecule has 0 unspecified atom stereocenters. The number of carbonyl (C=O) groups is 2. The SMILES string of the molecule is CCC1CCCC2(CCC1)OC(=O)C(C)=C2C(=O)CC1=CCCN(c2cccc(OC(C)(F)F)c2)CC1. The zero-order chi connectivity index (χ0) is 26.6.